The van der Waals surface area contributed by atoms with Gasteiger partial charge in [-0.2, -0.15) is 0 Å². The lowest BCUT2D eigenvalue weighted by Gasteiger charge is -2.07. The highest BCUT2D eigenvalue weighted by atomic mass is 35.5. The van der Waals surface area contributed by atoms with Crippen molar-refractivity contribution in [2.75, 3.05) is 0 Å². The standard InChI is InChI=1S/C16H12Cl2N2O3S/c17-13-7-4-8-15(16(13)18)24(21,22)19-10-12-9-14(20-23-12)11-5-2-1-3-6-11/h1-9,19H,10H2. The molecule has 24 heavy (non-hydrogen) atoms. The molecule has 0 fully saturated rings. The fraction of sp³-hybridized carbons (Fsp3) is 0.0625. The molecule has 8 heteroatoms. The molecule has 0 aliphatic heterocycles. The Kier molecular flexibility index (Phi) is 4.91. The van der Waals surface area contributed by atoms with Crippen molar-refractivity contribution in [1.82, 2.24) is 9.88 Å². The van der Waals surface area contributed by atoms with Crippen LogP contribution >= 0.6 is 23.2 Å². The van der Waals surface area contributed by atoms with Crippen LogP contribution in [0, 0.1) is 0 Å². The second kappa shape index (κ2) is 6.94. The van der Waals surface area contributed by atoms with Gasteiger partial charge in [-0.3, -0.25) is 0 Å². The van der Waals surface area contributed by atoms with Gasteiger partial charge in [0.25, 0.3) is 0 Å². The van der Waals surface area contributed by atoms with Crippen LogP contribution in [0.15, 0.2) is 64.0 Å². The summed E-state index contributed by atoms with van der Waals surface area (Å²) < 4.78 is 32.3. The maximum Gasteiger partial charge on any atom is 0.242 e. The smallest absolute Gasteiger partial charge is 0.242 e. The van der Waals surface area contributed by atoms with Crippen LogP contribution in [-0.4, -0.2) is 13.6 Å². The first-order chi connectivity index (χ1) is 11.5. The van der Waals surface area contributed by atoms with Gasteiger partial charge >= 0.3 is 0 Å². The second-order valence-electron chi connectivity index (χ2n) is 4.92. The van der Waals surface area contributed by atoms with E-state index in [4.69, 9.17) is 27.7 Å². The van der Waals surface area contributed by atoms with Crippen LogP contribution in [0.25, 0.3) is 11.3 Å². The van der Waals surface area contributed by atoms with Crippen molar-refractivity contribution in [2.45, 2.75) is 11.4 Å². The average Bonchev–Trinajstić information content (AvgIpc) is 3.05. The molecule has 0 radical (unpaired) electrons. The van der Waals surface area contributed by atoms with Gasteiger partial charge in [-0.05, 0) is 12.1 Å². The van der Waals surface area contributed by atoms with Gasteiger partial charge in [-0.25, -0.2) is 13.1 Å². The Labute approximate surface area is 149 Å². The molecule has 0 bridgehead atoms. The minimum Gasteiger partial charge on any atom is -0.359 e. The fourth-order valence-corrected chi connectivity index (χ4v) is 3.83. The lowest BCUT2D eigenvalue weighted by Crippen LogP contribution is -2.23. The van der Waals surface area contributed by atoms with Crippen molar-refractivity contribution in [1.29, 1.82) is 0 Å². The summed E-state index contributed by atoms with van der Waals surface area (Å²) in [7, 11) is -3.82. The monoisotopic (exact) mass is 382 g/mol. The van der Waals surface area contributed by atoms with Crippen LogP contribution in [0.4, 0.5) is 0 Å². The molecular formula is C16H12Cl2N2O3S. The maximum atomic E-state index is 12.3. The highest BCUT2D eigenvalue weighted by molar-refractivity contribution is 7.89. The summed E-state index contributed by atoms with van der Waals surface area (Å²) in [5.41, 5.74) is 1.51. The van der Waals surface area contributed by atoms with Gasteiger partial charge < -0.3 is 4.52 Å². The number of hydrogen-bond donors (Lipinski definition) is 1. The molecule has 1 aromatic heterocycles. The number of sulfonamides is 1. The average molecular weight is 383 g/mol. The molecule has 0 unspecified atom stereocenters. The summed E-state index contributed by atoms with van der Waals surface area (Å²) >= 11 is 11.8. The third kappa shape index (κ3) is 3.62. The SMILES string of the molecule is O=S(=O)(NCc1cc(-c2ccccc2)no1)c1cccc(Cl)c1Cl. The first-order valence-electron chi connectivity index (χ1n) is 6.92. The van der Waals surface area contributed by atoms with E-state index in [0.29, 0.717) is 11.5 Å². The third-order valence-electron chi connectivity index (χ3n) is 3.27. The van der Waals surface area contributed by atoms with Crippen LogP contribution < -0.4 is 4.72 Å². The van der Waals surface area contributed by atoms with E-state index in [1.807, 2.05) is 30.3 Å². The molecule has 2 aromatic carbocycles. The molecule has 3 aromatic rings. The minimum atomic E-state index is -3.82. The Morgan fingerprint density at radius 2 is 1.79 bits per heavy atom. The van der Waals surface area contributed by atoms with Crippen molar-refractivity contribution < 1.29 is 12.9 Å². The first kappa shape index (κ1) is 17.0. The minimum absolute atomic E-state index is 0.0192. The summed E-state index contributed by atoms with van der Waals surface area (Å²) in [6.07, 6.45) is 0. The first-order valence-corrected chi connectivity index (χ1v) is 9.16. The van der Waals surface area contributed by atoms with Crippen molar-refractivity contribution in [2.24, 2.45) is 0 Å². The summed E-state index contributed by atoms with van der Waals surface area (Å²) in [4.78, 5) is -0.0838. The Hall–Kier alpha value is -1.86. The van der Waals surface area contributed by atoms with Crippen LogP contribution in [-0.2, 0) is 16.6 Å². The number of nitrogens with zero attached hydrogens (tertiary/aromatic N) is 1. The van der Waals surface area contributed by atoms with Gasteiger partial charge in [0.2, 0.25) is 10.0 Å². The zero-order valence-electron chi connectivity index (χ0n) is 12.2. The van der Waals surface area contributed by atoms with Gasteiger partial charge in [-0.1, -0.05) is 64.8 Å². The molecule has 5 nitrogen and oxygen atoms in total. The van der Waals surface area contributed by atoms with E-state index in [-0.39, 0.29) is 21.5 Å². The van der Waals surface area contributed by atoms with E-state index < -0.39 is 10.0 Å². The lowest BCUT2D eigenvalue weighted by molar-refractivity contribution is 0.382. The molecule has 124 valence electrons. The summed E-state index contributed by atoms with van der Waals surface area (Å²) in [6, 6.07) is 15.5. The summed E-state index contributed by atoms with van der Waals surface area (Å²) in [5.74, 6) is 0.385. The molecule has 0 atom stereocenters. The summed E-state index contributed by atoms with van der Waals surface area (Å²) in [5, 5.41) is 4.09. The third-order valence-corrected chi connectivity index (χ3v) is 5.65. The molecular weight excluding hydrogens is 371 g/mol. The maximum absolute atomic E-state index is 12.3. The van der Waals surface area contributed by atoms with E-state index in [1.54, 1.807) is 6.07 Å². The normalized spacial score (nSPS) is 11.6. The number of nitrogens with one attached hydrogen (secondary N) is 1. The van der Waals surface area contributed by atoms with Crippen molar-refractivity contribution >= 4 is 33.2 Å². The van der Waals surface area contributed by atoms with Gasteiger partial charge in [0, 0.05) is 11.6 Å². The Morgan fingerprint density at radius 3 is 2.54 bits per heavy atom. The van der Waals surface area contributed by atoms with Crippen molar-refractivity contribution in [3.63, 3.8) is 0 Å². The molecule has 0 saturated carbocycles. The van der Waals surface area contributed by atoms with E-state index in [1.165, 1.54) is 18.2 Å². The largest absolute Gasteiger partial charge is 0.359 e. The zero-order chi connectivity index (χ0) is 17.2. The zero-order valence-corrected chi connectivity index (χ0v) is 14.6. The van der Waals surface area contributed by atoms with E-state index in [9.17, 15) is 8.42 Å². The number of aromatic nitrogens is 1. The number of benzene rings is 2. The highest BCUT2D eigenvalue weighted by Gasteiger charge is 2.20. The second-order valence-corrected chi connectivity index (χ2v) is 7.44. The van der Waals surface area contributed by atoms with E-state index >= 15 is 0 Å². The predicted octanol–water partition coefficient (Wildman–Crippen LogP) is 4.13. The molecule has 0 saturated heterocycles. The van der Waals surface area contributed by atoms with Gasteiger partial charge in [-0.15, -0.1) is 0 Å². The van der Waals surface area contributed by atoms with Crippen molar-refractivity contribution in [3.8, 4) is 11.3 Å². The van der Waals surface area contributed by atoms with Crippen LogP contribution in [0.2, 0.25) is 10.0 Å². The van der Waals surface area contributed by atoms with E-state index in [2.05, 4.69) is 9.88 Å². The number of rotatable bonds is 5. The molecule has 0 spiro atoms. The van der Waals surface area contributed by atoms with Crippen molar-refractivity contribution in [3.05, 3.63) is 70.4 Å². The number of hydrogen-bond acceptors (Lipinski definition) is 4. The van der Waals surface area contributed by atoms with Gasteiger partial charge in [0.15, 0.2) is 5.76 Å². The topological polar surface area (TPSA) is 72.2 Å². The Balaban J connectivity index is 1.76. The Morgan fingerprint density at radius 1 is 1.04 bits per heavy atom. The van der Waals surface area contributed by atoms with Gasteiger partial charge in [0.1, 0.15) is 10.6 Å². The Bertz CT molecular complexity index is 956. The highest BCUT2D eigenvalue weighted by Crippen LogP contribution is 2.29. The van der Waals surface area contributed by atoms with Crippen LogP contribution in [0.3, 0.4) is 0 Å². The molecule has 0 aliphatic rings. The fourth-order valence-electron chi connectivity index (χ4n) is 2.08. The number of halogens is 2. The van der Waals surface area contributed by atoms with Crippen LogP contribution in [0.5, 0.6) is 0 Å². The molecule has 0 amide bonds. The molecule has 3 rings (SSSR count). The predicted molar refractivity (Wildman–Crippen MR) is 92.4 cm³/mol. The van der Waals surface area contributed by atoms with Crippen LogP contribution in [0.1, 0.15) is 5.76 Å². The molecule has 1 N–H and O–H groups in total. The van der Waals surface area contributed by atoms with E-state index in [0.717, 1.165) is 5.56 Å². The quantitative estimate of drug-likeness (QED) is 0.719. The van der Waals surface area contributed by atoms with Gasteiger partial charge in [0.05, 0.1) is 16.6 Å². The summed E-state index contributed by atoms with van der Waals surface area (Å²) in [6.45, 7) is -0.0506. The molecule has 1 heterocycles. The molecule has 0 aliphatic carbocycles. The lowest BCUT2D eigenvalue weighted by atomic mass is 10.1.